The molecule has 0 bridgehead atoms. The lowest BCUT2D eigenvalue weighted by atomic mass is 9.99. The molecule has 0 saturated heterocycles. The summed E-state index contributed by atoms with van der Waals surface area (Å²) in [6, 6.07) is 0. The van der Waals surface area contributed by atoms with E-state index in [1.807, 2.05) is 13.0 Å². The summed E-state index contributed by atoms with van der Waals surface area (Å²) in [5, 5.41) is 47.1. The molecule has 0 aromatic rings. The molecule has 0 aliphatic rings. The first-order valence-corrected chi connectivity index (χ1v) is 10.1. The van der Waals surface area contributed by atoms with Crippen molar-refractivity contribution in [2.24, 2.45) is 0 Å². The van der Waals surface area contributed by atoms with E-state index in [0.717, 1.165) is 50.5 Å². The minimum absolute atomic E-state index is 0.213. The highest BCUT2D eigenvalue weighted by molar-refractivity contribution is 5.66. The van der Waals surface area contributed by atoms with Crippen LogP contribution < -0.4 is 0 Å². The molecule has 6 heteroatoms. The predicted molar refractivity (Wildman–Crippen MR) is 106 cm³/mol. The van der Waals surface area contributed by atoms with Gasteiger partial charge in [0.05, 0.1) is 24.9 Å². The second-order valence-electron chi connectivity index (χ2n) is 7.11. The SMILES string of the molecule is CCCCC(O)C(O)C=CC=C(CCCCCCCC(=O)O)CC(O)CO. The molecular formula is C21H38O6. The smallest absolute Gasteiger partial charge is 0.303 e. The zero-order chi connectivity index (χ0) is 20.5. The summed E-state index contributed by atoms with van der Waals surface area (Å²) in [4.78, 5) is 10.5. The first-order valence-electron chi connectivity index (χ1n) is 10.1. The summed E-state index contributed by atoms with van der Waals surface area (Å²) in [7, 11) is 0. The molecule has 5 N–H and O–H groups in total. The van der Waals surface area contributed by atoms with Gasteiger partial charge in [-0.05, 0) is 32.1 Å². The second-order valence-corrected chi connectivity index (χ2v) is 7.11. The van der Waals surface area contributed by atoms with Crippen molar-refractivity contribution in [2.45, 2.75) is 95.9 Å². The molecule has 3 unspecified atom stereocenters. The first kappa shape index (κ1) is 25.8. The molecule has 0 aliphatic heterocycles. The zero-order valence-electron chi connectivity index (χ0n) is 16.6. The molecule has 0 saturated carbocycles. The molecule has 0 aromatic heterocycles. The van der Waals surface area contributed by atoms with Crippen LogP contribution in [0.4, 0.5) is 0 Å². The van der Waals surface area contributed by atoms with E-state index < -0.39 is 24.3 Å². The van der Waals surface area contributed by atoms with Gasteiger partial charge in [0.1, 0.15) is 0 Å². The Kier molecular flexibility index (Phi) is 16.2. The Morgan fingerprint density at radius 3 is 2.19 bits per heavy atom. The third kappa shape index (κ3) is 15.5. The number of carboxylic acids is 1. The normalized spacial score (nSPS) is 15.8. The average molecular weight is 387 g/mol. The molecule has 0 aromatic carbocycles. The fraction of sp³-hybridized carbons (Fsp3) is 0.762. The second kappa shape index (κ2) is 16.9. The van der Waals surface area contributed by atoms with Gasteiger partial charge in [-0.1, -0.05) is 62.8 Å². The molecule has 0 spiro atoms. The van der Waals surface area contributed by atoms with E-state index in [9.17, 15) is 20.1 Å². The van der Waals surface area contributed by atoms with Crippen LogP contribution in [0.5, 0.6) is 0 Å². The largest absolute Gasteiger partial charge is 0.481 e. The molecule has 6 nitrogen and oxygen atoms in total. The molecule has 0 amide bonds. The van der Waals surface area contributed by atoms with Crippen LogP contribution >= 0.6 is 0 Å². The number of carbonyl (C=O) groups is 1. The number of hydrogen-bond donors (Lipinski definition) is 5. The van der Waals surface area contributed by atoms with Gasteiger partial charge >= 0.3 is 5.97 Å². The van der Waals surface area contributed by atoms with Gasteiger partial charge in [-0.25, -0.2) is 0 Å². The van der Waals surface area contributed by atoms with E-state index in [1.165, 1.54) is 0 Å². The Morgan fingerprint density at radius 1 is 0.963 bits per heavy atom. The number of allylic oxidation sites excluding steroid dienone is 2. The molecular weight excluding hydrogens is 348 g/mol. The Balaban J connectivity index is 4.38. The van der Waals surface area contributed by atoms with Crippen LogP contribution in [-0.2, 0) is 4.79 Å². The van der Waals surface area contributed by atoms with Gasteiger partial charge in [-0.15, -0.1) is 0 Å². The molecule has 158 valence electrons. The Labute approximate surface area is 163 Å². The molecule has 3 atom stereocenters. The fourth-order valence-electron chi connectivity index (χ4n) is 2.80. The number of rotatable bonds is 17. The van der Waals surface area contributed by atoms with Gasteiger partial charge in [-0.2, -0.15) is 0 Å². The maximum atomic E-state index is 10.5. The third-order valence-corrected chi connectivity index (χ3v) is 4.48. The number of aliphatic carboxylic acids is 1. The van der Waals surface area contributed by atoms with E-state index in [1.54, 1.807) is 12.2 Å². The summed E-state index contributed by atoms with van der Waals surface area (Å²) in [6.07, 6.45) is 10.8. The van der Waals surface area contributed by atoms with Crippen LogP contribution in [0.25, 0.3) is 0 Å². The number of aliphatic hydroxyl groups excluding tert-OH is 4. The summed E-state index contributed by atoms with van der Waals surface area (Å²) < 4.78 is 0. The fourth-order valence-corrected chi connectivity index (χ4v) is 2.80. The minimum atomic E-state index is -0.911. The molecule has 0 rings (SSSR count). The van der Waals surface area contributed by atoms with E-state index in [2.05, 4.69) is 0 Å². The molecule has 0 radical (unpaired) electrons. The van der Waals surface area contributed by atoms with Crippen molar-refractivity contribution in [3.8, 4) is 0 Å². The van der Waals surface area contributed by atoms with Gasteiger partial charge in [0, 0.05) is 6.42 Å². The van der Waals surface area contributed by atoms with E-state index in [4.69, 9.17) is 10.2 Å². The van der Waals surface area contributed by atoms with Gasteiger partial charge in [0.25, 0.3) is 0 Å². The van der Waals surface area contributed by atoms with Crippen LogP contribution in [-0.4, -0.2) is 56.4 Å². The quantitative estimate of drug-likeness (QED) is 0.194. The number of hydrogen-bond acceptors (Lipinski definition) is 5. The van der Waals surface area contributed by atoms with E-state index in [-0.39, 0.29) is 13.0 Å². The molecule has 27 heavy (non-hydrogen) atoms. The highest BCUT2D eigenvalue weighted by Gasteiger charge is 2.12. The van der Waals surface area contributed by atoms with Crippen molar-refractivity contribution in [2.75, 3.05) is 6.61 Å². The van der Waals surface area contributed by atoms with Crippen LogP contribution in [0.3, 0.4) is 0 Å². The number of carboxylic acid groups (broad SMARTS) is 1. The lowest BCUT2D eigenvalue weighted by Crippen LogP contribution is -2.23. The van der Waals surface area contributed by atoms with Crippen molar-refractivity contribution in [3.05, 3.63) is 23.8 Å². The van der Waals surface area contributed by atoms with Crippen molar-refractivity contribution in [1.82, 2.24) is 0 Å². The zero-order valence-corrected chi connectivity index (χ0v) is 16.6. The number of unbranched alkanes of at least 4 members (excludes halogenated alkanes) is 5. The lowest BCUT2D eigenvalue weighted by Gasteiger charge is -2.14. The summed E-state index contributed by atoms with van der Waals surface area (Å²) in [5.41, 5.74) is 0.980. The van der Waals surface area contributed by atoms with Crippen molar-refractivity contribution in [1.29, 1.82) is 0 Å². The highest BCUT2D eigenvalue weighted by atomic mass is 16.4. The van der Waals surface area contributed by atoms with E-state index >= 15 is 0 Å². The highest BCUT2D eigenvalue weighted by Crippen LogP contribution is 2.17. The third-order valence-electron chi connectivity index (χ3n) is 4.48. The Morgan fingerprint density at radius 2 is 1.59 bits per heavy atom. The van der Waals surface area contributed by atoms with Gasteiger partial charge in [0.2, 0.25) is 0 Å². The first-order chi connectivity index (χ1) is 12.9. The molecule has 0 fully saturated rings. The van der Waals surface area contributed by atoms with Crippen LogP contribution in [0, 0.1) is 0 Å². The Bertz CT molecular complexity index is 432. The van der Waals surface area contributed by atoms with Crippen LogP contribution in [0.15, 0.2) is 23.8 Å². The van der Waals surface area contributed by atoms with Gasteiger partial charge in [0.15, 0.2) is 0 Å². The molecule has 0 aliphatic carbocycles. The van der Waals surface area contributed by atoms with Crippen LogP contribution in [0.2, 0.25) is 0 Å². The standard InChI is InChI=1S/C21H38O6/c1-2-3-12-19(24)20(25)13-9-11-17(15-18(23)16-22)10-7-5-4-6-8-14-21(26)27/h9,11,13,18-20,22-25H,2-8,10,12,14-16H2,1H3,(H,26,27). The summed E-state index contributed by atoms with van der Waals surface area (Å²) in [6.45, 7) is 1.73. The van der Waals surface area contributed by atoms with Gasteiger partial charge in [-0.3, -0.25) is 4.79 Å². The predicted octanol–water partition coefficient (Wildman–Crippen LogP) is 2.94. The molecule has 0 heterocycles. The summed E-state index contributed by atoms with van der Waals surface area (Å²) in [5.74, 6) is -0.757. The average Bonchev–Trinajstić information content (AvgIpc) is 2.64. The topological polar surface area (TPSA) is 118 Å². The monoisotopic (exact) mass is 386 g/mol. The van der Waals surface area contributed by atoms with Gasteiger partial charge < -0.3 is 25.5 Å². The van der Waals surface area contributed by atoms with E-state index in [0.29, 0.717) is 19.3 Å². The van der Waals surface area contributed by atoms with Crippen LogP contribution in [0.1, 0.15) is 77.6 Å². The van der Waals surface area contributed by atoms with Crippen molar-refractivity contribution >= 4 is 5.97 Å². The maximum Gasteiger partial charge on any atom is 0.303 e. The maximum absolute atomic E-state index is 10.5. The minimum Gasteiger partial charge on any atom is -0.481 e. The van der Waals surface area contributed by atoms with Crippen molar-refractivity contribution in [3.63, 3.8) is 0 Å². The lowest BCUT2D eigenvalue weighted by molar-refractivity contribution is -0.137. The Hall–Kier alpha value is -1.21. The van der Waals surface area contributed by atoms with Crippen molar-refractivity contribution < 1.29 is 30.3 Å². The summed E-state index contributed by atoms with van der Waals surface area (Å²) >= 11 is 0. The number of aliphatic hydroxyl groups is 4.